The molecule has 0 saturated heterocycles. The number of benzene rings is 2. The highest BCUT2D eigenvalue weighted by Crippen LogP contribution is 2.42. The van der Waals surface area contributed by atoms with Crippen LogP contribution in [0.1, 0.15) is 64.7 Å². The van der Waals surface area contributed by atoms with Crippen LogP contribution in [0.5, 0.6) is 11.5 Å². The highest BCUT2D eigenvalue weighted by molar-refractivity contribution is 7.25. The minimum atomic E-state index is -0.390. The maximum absolute atomic E-state index is 15.3. The molecule has 5 heteroatoms. The topological polar surface area (TPSA) is 18.5 Å². The zero-order valence-corrected chi connectivity index (χ0v) is 18.8. The van der Waals surface area contributed by atoms with Crippen LogP contribution in [0.15, 0.2) is 24.3 Å². The van der Waals surface area contributed by atoms with Gasteiger partial charge in [-0.05, 0) is 81.5 Å². The summed E-state index contributed by atoms with van der Waals surface area (Å²) >= 11 is 1.15. The highest BCUT2D eigenvalue weighted by Gasteiger charge is 2.24. The van der Waals surface area contributed by atoms with E-state index in [0.717, 1.165) is 66.6 Å². The van der Waals surface area contributed by atoms with Crippen LogP contribution in [0.2, 0.25) is 0 Å². The van der Waals surface area contributed by atoms with Gasteiger partial charge in [0.1, 0.15) is 0 Å². The van der Waals surface area contributed by atoms with Crippen LogP contribution in [0.25, 0.3) is 20.2 Å². The average molecular weight is 444 g/mol. The van der Waals surface area contributed by atoms with Gasteiger partial charge < -0.3 is 9.47 Å². The van der Waals surface area contributed by atoms with Gasteiger partial charge in [0.2, 0.25) is 0 Å². The monoisotopic (exact) mass is 443 g/mol. The van der Waals surface area contributed by atoms with Crippen LogP contribution in [0.3, 0.4) is 0 Å². The maximum Gasteiger partial charge on any atom is 0.182 e. The second-order valence-electron chi connectivity index (χ2n) is 9.03. The molecule has 0 spiro atoms. The molecule has 31 heavy (non-hydrogen) atoms. The summed E-state index contributed by atoms with van der Waals surface area (Å²) in [6.45, 7) is 2.71. The molecule has 2 aromatic carbocycles. The summed E-state index contributed by atoms with van der Waals surface area (Å²) < 4.78 is 43.1. The van der Waals surface area contributed by atoms with Crippen molar-refractivity contribution in [3.8, 4) is 11.5 Å². The lowest BCUT2D eigenvalue weighted by molar-refractivity contribution is 0.201. The fourth-order valence-corrected chi connectivity index (χ4v) is 6.17. The third-order valence-corrected chi connectivity index (χ3v) is 8.24. The van der Waals surface area contributed by atoms with E-state index < -0.39 is 0 Å². The van der Waals surface area contributed by atoms with E-state index in [-0.39, 0.29) is 29.2 Å². The van der Waals surface area contributed by atoms with Crippen molar-refractivity contribution < 1.29 is 18.3 Å². The van der Waals surface area contributed by atoms with E-state index in [0.29, 0.717) is 16.0 Å². The standard InChI is InChI=1S/C26H29F2O2S/c1-2-16-7-9-17(10-8-16)15-29-21-13-11-19-20-12-14-22(30-18-5-3-4-6-18)24(28)26(20)31-25(19)23(21)27/h11-14,16,18H,2-10,15H2,1H3. The zero-order chi connectivity index (χ0) is 21.4. The van der Waals surface area contributed by atoms with Crippen LogP contribution in [-0.4, -0.2) is 12.7 Å². The minimum Gasteiger partial charge on any atom is -0.490 e. The summed E-state index contributed by atoms with van der Waals surface area (Å²) in [6, 6.07) is 7.07. The predicted octanol–water partition coefficient (Wildman–Crippen LogP) is 8.21. The Bertz CT molecular complexity index is 1060. The second kappa shape index (κ2) is 8.93. The molecule has 5 rings (SSSR count). The Morgan fingerprint density at radius 2 is 1.48 bits per heavy atom. The number of ether oxygens (including phenoxy) is 2. The smallest absolute Gasteiger partial charge is 0.182 e. The number of thiophene rings is 1. The van der Waals surface area contributed by atoms with Crippen LogP contribution in [-0.2, 0) is 0 Å². The van der Waals surface area contributed by atoms with Crippen molar-refractivity contribution >= 4 is 31.5 Å². The maximum atomic E-state index is 15.3. The zero-order valence-electron chi connectivity index (χ0n) is 18.0. The molecule has 0 unspecified atom stereocenters. The molecule has 2 fully saturated rings. The number of rotatable bonds is 6. The highest BCUT2D eigenvalue weighted by atomic mass is 32.1. The Labute approximate surface area is 186 Å². The third-order valence-electron chi connectivity index (χ3n) is 7.03. The SMILES string of the molecule is CCC1CC[C](COc2ccc3c(sc4c(F)c(OC5CCCC5)ccc43)c2F)CC1. The van der Waals surface area contributed by atoms with Gasteiger partial charge in [-0.15, -0.1) is 11.3 Å². The quantitative estimate of drug-likeness (QED) is 0.382. The van der Waals surface area contributed by atoms with Gasteiger partial charge in [0, 0.05) is 16.7 Å². The van der Waals surface area contributed by atoms with Gasteiger partial charge in [0.25, 0.3) is 0 Å². The molecule has 1 heterocycles. The molecule has 0 amide bonds. The summed E-state index contributed by atoms with van der Waals surface area (Å²) in [5, 5.41) is 1.46. The molecular formula is C26H29F2O2S. The van der Waals surface area contributed by atoms with Gasteiger partial charge in [-0.25, -0.2) is 8.78 Å². The van der Waals surface area contributed by atoms with Crippen LogP contribution in [0, 0.1) is 23.5 Å². The summed E-state index contributed by atoms with van der Waals surface area (Å²) in [5.41, 5.74) is 0. The predicted molar refractivity (Wildman–Crippen MR) is 123 cm³/mol. The Balaban J connectivity index is 1.37. The summed E-state index contributed by atoms with van der Waals surface area (Å²) in [5.74, 6) is 1.94. The Morgan fingerprint density at radius 1 is 0.871 bits per heavy atom. The van der Waals surface area contributed by atoms with Crippen LogP contribution in [0.4, 0.5) is 8.78 Å². The fourth-order valence-electron chi connectivity index (χ4n) is 5.01. The van der Waals surface area contributed by atoms with Gasteiger partial charge in [-0.3, -0.25) is 0 Å². The van der Waals surface area contributed by atoms with Gasteiger partial charge >= 0.3 is 0 Å². The Kier molecular flexibility index (Phi) is 6.05. The molecule has 0 bridgehead atoms. The van der Waals surface area contributed by atoms with Crippen LogP contribution < -0.4 is 9.47 Å². The first kappa shape index (κ1) is 21.0. The average Bonchev–Trinajstić information content (AvgIpc) is 3.44. The molecule has 165 valence electrons. The molecule has 2 aliphatic rings. The molecular weight excluding hydrogens is 414 g/mol. The summed E-state index contributed by atoms with van der Waals surface area (Å²) in [4.78, 5) is 0. The third kappa shape index (κ3) is 4.13. The molecule has 0 N–H and O–H groups in total. The number of halogens is 2. The van der Waals surface area contributed by atoms with E-state index >= 15 is 8.78 Å². The fraction of sp³-hybridized carbons (Fsp3) is 0.500. The van der Waals surface area contributed by atoms with Crippen LogP contribution >= 0.6 is 11.3 Å². The van der Waals surface area contributed by atoms with E-state index in [1.54, 1.807) is 12.1 Å². The molecule has 1 radical (unpaired) electrons. The Hall–Kier alpha value is -1.88. The molecule has 2 aliphatic carbocycles. The summed E-state index contributed by atoms with van der Waals surface area (Å²) in [7, 11) is 0. The molecule has 0 aliphatic heterocycles. The lowest BCUT2D eigenvalue weighted by Crippen LogP contribution is -2.18. The second-order valence-corrected chi connectivity index (χ2v) is 10.0. The van der Waals surface area contributed by atoms with E-state index in [2.05, 4.69) is 6.92 Å². The van der Waals surface area contributed by atoms with Gasteiger partial charge in [-0.1, -0.05) is 13.3 Å². The summed E-state index contributed by atoms with van der Waals surface area (Å²) in [6.07, 6.45) is 10.1. The van der Waals surface area contributed by atoms with Crippen molar-refractivity contribution in [3.05, 3.63) is 41.8 Å². The molecule has 3 aromatic rings. The number of hydrogen-bond acceptors (Lipinski definition) is 3. The van der Waals surface area contributed by atoms with E-state index in [1.165, 1.54) is 25.2 Å². The first-order valence-electron chi connectivity index (χ1n) is 11.6. The van der Waals surface area contributed by atoms with Crippen molar-refractivity contribution in [2.45, 2.75) is 70.8 Å². The minimum absolute atomic E-state index is 0.0861. The van der Waals surface area contributed by atoms with Gasteiger partial charge in [-0.2, -0.15) is 0 Å². The van der Waals surface area contributed by atoms with E-state index in [4.69, 9.17) is 9.47 Å². The number of fused-ring (bicyclic) bond motifs is 3. The molecule has 2 nitrogen and oxygen atoms in total. The van der Waals surface area contributed by atoms with Crippen molar-refractivity contribution in [1.82, 2.24) is 0 Å². The lowest BCUT2D eigenvalue weighted by atomic mass is 9.81. The number of hydrogen-bond donors (Lipinski definition) is 0. The van der Waals surface area contributed by atoms with E-state index in [1.807, 2.05) is 12.1 Å². The first-order valence-corrected chi connectivity index (χ1v) is 12.4. The molecule has 2 saturated carbocycles. The molecule has 1 aromatic heterocycles. The largest absolute Gasteiger partial charge is 0.490 e. The van der Waals surface area contributed by atoms with Crippen molar-refractivity contribution in [2.24, 2.45) is 5.92 Å². The first-order chi connectivity index (χ1) is 15.1. The van der Waals surface area contributed by atoms with Crippen molar-refractivity contribution in [3.63, 3.8) is 0 Å². The van der Waals surface area contributed by atoms with Gasteiger partial charge in [0.15, 0.2) is 23.1 Å². The van der Waals surface area contributed by atoms with Gasteiger partial charge in [0.05, 0.1) is 22.1 Å². The van der Waals surface area contributed by atoms with Crippen molar-refractivity contribution in [2.75, 3.05) is 6.61 Å². The van der Waals surface area contributed by atoms with E-state index in [9.17, 15) is 0 Å². The normalized spacial score (nSPS) is 18.9. The van der Waals surface area contributed by atoms with Crippen molar-refractivity contribution in [1.29, 1.82) is 0 Å². The lowest BCUT2D eigenvalue weighted by Gasteiger charge is -2.27. The molecule has 0 atom stereocenters. The Morgan fingerprint density at radius 3 is 2.13 bits per heavy atom.